The molecule has 1 spiro atoms. The minimum atomic E-state index is 0.130. The van der Waals surface area contributed by atoms with Crippen LogP contribution in [0, 0.1) is 5.41 Å². The number of hydrogen-bond donors (Lipinski definition) is 1. The monoisotopic (exact) mass is 395 g/mol. The average Bonchev–Trinajstić information content (AvgIpc) is 3.22. The van der Waals surface area contributed by atoms with Crippen molar-refractivity contribution in [2.45, 2.75) is 12.8 Å². The van der Waals surface area contributed by atoms with Crippen LogP contribution in [0.15, 0.2) is 30.7 Å². The summed E-state index contributed by atoms with van der Waals surface area (Å²) < 4.78 is 3.99. The van der Waals surface area contributed by atoms with Crippen LogP contribution in [-0.4, -0.2) is 67.8 Å². The highest BCUT2D eigenvalue weighted by Crippen LogP contribution is 2.41. The Kier molecular flexibility index (Phi) is 4.21. The number of aromatic hydroxyl groups is 1. The first-order chi connectivity index (χ1) is 13.6. The molecule has 8 nitrogen and oxygen atoms in total. The molecule has 1 aromatic carbocycles. The van der Waals surface area contributed by atoms with Crippen LogP contribution in [-0.2, 0) is 0 Å². The first-order valence-corrected chi connectivity index (χ1v) is 10.1. The van der Waals surface area contributed by atoms with Gasteiger partial charge in [0.05, 0.1) is 6.20 Å². The van der Waals surface area contributed by atoms with Crippen molar-refractivity contribution in [3.8, 4) is 27.6 Å². The van der Waals surface area contributed by atoms with Crippen molar-refractivity contribution >= 4 is 17.5 Å². The van der Waals surface area contributed by atoms with Gasteiger partial charge in [-0.15, -0.1) is 10.2 Å². The molecule has 2 aromatic heterocycles. The third-order valence-corrected chi connectivity index (χ3v) is 6.53. The molecule has 0 aliphatic carbocycles. The summed E-state index contributed by atoms with van der Waals surface area (Å²) in [5.41, 5.74) is 2.41. The van der Waals surface area contributed by atoms with Gasteiger partial charge in [0, 0.05) is 29.6 Å². The third-order valence-electron chi connectivity index (χ3n) is 5.81. The van der Waals surface area contributed by atoms with Crippen molar-refractivity contribution < 1.29 is 5.11 Å². The first kappa shape index (κ1) is 17.4. The van der Waals surface area contributed by atoms with Gasteiger partial charge in [0.2, 0.25) is 5.95 Å². The molecule has 28 heavy (non-hydrogen) atoms. The maximum atomic E-state index is 10.4. The quantitative estimate of drug-likeness (QED) is 0.722. The highest BCUT2D eigenvalue weighted by atomic mass is 32.1. The zero-order valence-electron chi connectivity index (χ0n) is 15.6. The number of piperidine rings is 1. The maximum absolute atomic E-state index is 10.4. The van der Waals surface area contributed by atoms with Gasteiger partial charge in [-0.25, -0.2) is 9.97 Å². The molecule has 2 fully saturated rings. The Morgan fingerprint density at radius 3 is 2.57 bits per heavy atom. The molecule has 3 aromatic rings. The van der Waals surface area contributed by atoms with Gasteiger partial charge >= 0.3 is 0 Å². The Morgan fingerprint density at radius 1 is 1.11 bits per heavy atom. The van der Waals surface area contributed by atoms with Gasteiger partial charge in [-0.3, -0.25) is 0 Å². The summed E-state index contributed by atoms with van der Waals surface area (Å²) in [6.45, 7) is 4.34. The van der Waals surface area contributed by atoms with Crippen LogP contribution in [0.4, 0.5) is 5.95 Å². The number of phenols is 1. The predicted molar refractivity (Wildman–Crippen MR) is 107 cm³/mol. The minimum absolute atomic E-state index is 0.130. The maximum Gasteiger partial charge on any atom is 0.245 e. The van der Waals surface area contributed by atoms with E-state index in [4.69, 9.17) is 0 Å². The highest BCUT2D eigenvalue weighted by Gasteiger charge is 2.45. The molecule has 2 aliphatic rings. The molecule has 0 atom stereocenters. The Hall–Kier alpha value is -2.65. The molecule has 0 radical (unpaired) electrons. The van der Waals surface area contributed by atoms with E-state index in [1.807, 2.05) is 12.1 Å². The molecule has 0 amide bonds. The Morgan fingerprint density at radius 2 is 1.93 bits per heavy atom. The van der Waals surface area contributed by atoms with Gasteiger partial charge in [0.1, 0.15) is 22.8 Å². The second kappa shape index (κ2) is 6.75. The number of anilines is 1. The number of benzene rings is 1. The van der Waals surface area contributed by atoms with E-state index in [2.05, 4.69) is 41.4 Å². The van der Waals surface area contributed by atoms with Crippen LogP contribution in [0.3, 0.4) is 0 Å². The van der Waals surface area contributed by atoms with Gasteiger partial charge in [0.15, 0.2) is 0 Å². The van der Waals surface area contributed by atoms with E-state index in [0.717, 1.165) is 36.8 Å². The fourth-order valence-electron chi connectivity index (χ4n) is 4.03. The summed E-state index contributed by atoms with van der Waals surface area (Å²) in [4.78, 5) is 13.2. The normalized spacial score (nSPS) is 19.0. The summed E-state index contributed by atoms with van der Waals surface area (Å²) in [6.07, 6.45) is 5.66. The van der Waals surface area contributed by atoms with Crippen LogP contribution in [0.1, 0.15) is 12.8 Å². The fraction of sp³-hybridized carbons (Fsp3) is 0.421. The molecule has 9 heteroatoms. The fourth-order valence-corrected chi connectivity index (χ4v) is 4.55. The van der Waals surface area contributed by atoms with Crippen molar-refractivity contribution in [2.75, 3.05) is 38.1 Å². The second-order valence-corrected chi connectivity index (χ2v) is 8.56. The lowest BCUT2D eigenvalue weighted by molar-refractivity contribution is 0.0893. The van der Waals surface area contributed by atoms with Crippen molar-refractivity contribution in [2.24, 2.45) is 5.41 Å². The van der Waals surface area contributed by atoms with Gasteiger partial charge in [-0.2, -0.15) is 4.37 Å². The summed E-state index contributed by atoms with van der Waals surface area (Å²) in [7, 11) is 2.19. The van der Waals surface area contributed by atoms with Crippen molar-refractivity contribution in [3.63, 3.8) is 0 Å². The van der Waals surface area contributed by atoms with E-state index in [9.17, 15) is 5.11 Å². The standard InChI is InChI=1S/C19H21N7OS/c1-25-6-4-19(5-7-25)10-26(11-19)18-20-9-15(23-24-18)14-3-2-13(8-16(14)27)17-21-12-22-28-17/h2-3,8-9,12,27H,4-7,10-11H2,1H3. The average molecular weight is 395 g/mol. The van der Waals surface area contributed by atoms with Crippen molar-refractivity contribution in [1.82, 2.24) is 29.4 Å². The Bertz CT molecular complexity index is 960. The lowest BCUT2D eigenvalue weighted by Crippen LogP contribution is -2.60. The highest BCUT2D eigenvalue weighted by molar-refractivity contribution is 7.09. The first-order valence-electron chi connectivity index (χ1n) is 9.36. The molecule has 0 unspecified atom stereocenters. The van der Waals surface area contributed by atoms with E-state index in [-0.39, 0.29) is 5.75 Å². The van der Waals surface area contributed by atoms with E-state index in [1.54, 1.807) is 12.3 Å². The summed E-state index contributed by atoms with van der Waals surface area (Å²) in [5.74, 6) is 0.795. The second-order valence-electron chi connectivity index (χ2n) is 7.78. The van der Waals surface area contributed by atoms with E-state index >= 15 is 0 Å². The molecular weight excluding hydrogens is 374 g/mol. The topological polar surface area (TPSA) is 91.2 Å². The molecule has 4 heterocycles. The SMILES string of the molecule is CN1CCC2(CC1)CN(c1ncc(-c3ccc(-c4ncns4)cc3O)nn1)C2. The number of likely N-dealkylation sites (tertiary alicyclic amines) is 1. The van der Waals surface area contributed by atoms with Gasteiger partial charge in [-0.05, 0) is 56.6 Å². The van der Waals surface area contributed by atoms with Crippen molar-refractivity contribution in [1.29, 1.82) is 0 Å². The molecule has 0 saturated carbocycles. The smallest absolute Gasteiger partial charge is 0.245 e. The minimum Gasteiger partial charge on any atom is -0.507 e. The van der Waals surface area contributed by atoms with Gasteiger partial charge in [-0.1, -0.05) is 6.07 Å². The van der Waals surface area contributed by atoms with E-state index < -0.39 is 0 Å². The number of hydrogen-bond acceptors (Lipinski definition) is 9. The molecule has 2 saturated heterocycles. The van der Waals surface area contributed by atoms with Crippen LogP contribution in [0.5, 0.6) is 5.75 Å². The molecule has 0 bridgehead atoms. The third kappa shape index (κ3) is 3.10. The van der Waals surface area contributed by atoms with E-state index in [1.165, 1.54) is 30.7 Å². The Labute approximate surface area is 167 Å². The lowest BCUT2D eigenvalue weighted by Gasteiger charge is -2.53. The number of aromatic nitrogens is 5. The zero-order valence-corrected chi connectivity index (χ0v) is 16.4. The predicted octanol–water partition coefficient (Wildman–Crippen LogP) is 2.29. The lowest BCUT2D eigenvalue weighted by atomic mass is 9.72. The van der Waals surface area contributed by atoms with Crippen LogP contribution >= 0.6 is 11.5 Å². The van der Waals surface area contributed by atoms with Crippen molar-refractivity contribution in [3.05, 3.63) is 30.7 Å². The van der Waals surface area contributed by atoms with Gasteiger partial charge < -0.3 is 14.9 Å². The van der Waals surface area contributed by atoms with Crippen LogP contribution in [0.2, 0.25) is 0 Å². The molecular formula is C19H21N7OS. The van der Waals surface area contributed by atoms with Crippen LogP contribution in [0.25, 0.3) is 21.8 Å². The summed E-state index contributed by atoms with van der Waals surface area (Å²) >= 11 is 1.29. The zero-order chi connectivity index (χ0) is 19.1. The number of phenolic OH excluding ortho intramolecular Hbond substituents is 1. The van der Waals surface area contributed by atoms with Crippen LogP contribution < -0.4 is 4.90 Å². The Balaban J connectivity index is 1.30. The molecule has 5 rings (SSSR count). The summed E-state index contributed by atoms with van der Waals surface area (Å²) in [6, 6.07) is 5.38. The number of nitrogens with zero attached hydrogens (tertiary/aromatic N) is 7. The molecule has 2 aliphatic heterocycles. The number of rotatable bonds is 3. The summed E-state index contributed by atoms with van der Waals surface area (Å²) in [5, 5.41) is 19.8. The van der Waals surface area contributed by atoms with E-state index in [0.29, 0.717) is 22.6 Å². The molecule has 1 N–H and O–H groups in total. The largest absolute Gasteiger partial charge is 0.507 e. The molecule has 144 valence electrons. The van der Waals surface area contributed by atoms with Gasteiger partial charge in [0.25, 0.3) is 0 Å².